The zero-order valence-electron chi connectivity index (χ0n) is 20.8. The number of anilines is 2. The van der Waals surface area contributed by atoms with Gasteiger partial charge in [-0.25, -0.2) is 4.98 Å². The van der Waals surface area contributed by atoms with Crippen LogP contribution in [0.15, 0.2) is 30.3 Å². The van der Waals surface area contributed by atoms with Gasteiger partial charge in [0.2, 0.25) is 0 Å². The largest absolute Gasteiger partial charge is 0.390 e. The Labute approximate surface area is 206 Å². The highest BCUT2D eigenvalue weighted by atomic mass is 16.5. The van der Waals surface area contributed by atoms with Gasteiger partial charge in [-0.2, -0.15) is 0 Å². The molecule has 4 rings (SSSR count). The molecule has 0 spiro atoms. The summed E-state index contributed by atoms with van der Waals surface area (Å²) in [5.41, 5.74) is 3.04. The zero-order valence-corrected chi connectivity index (χ0v) is 20.8. The standard InChI is InChI=1S/C26H34N4O5/c1-17(34-4)20-6-5-7-21(27-20)24(31)28-22-14-18-16-30(9-8-26(2,3)33)25(32)19(18)15-23(22)29-10-12-35-13-11-29/h5-7,14-15,17,33H,8-13,16H2,1-4H3,(H,28,31)/t17-/m1/s1. The molecular weight excluding hydrogens is 448 g/mol. The maximum Gasteiger partial charge on any atom is 0.274 e. The number of carbonyl (C=O) groups is 2. The molecule has 1 saturated heterocycles. The average molecular weight is 483 g/mol. The Morgan fingerprint density at radius 2 is 2.03 bits per heavy atom. The molecule has 9 heteroatoms. The molecule has 1 fully saturated rings. The topological polar surface area (TPSA) is 104 Å². The summed E-state index contributed by atoms with van der Waals surface area (Å²) >= 11 is 0. The molecule has 1 atom stereocenters. The van der Waals surface area contributed by atoms with Crippen molar-refractivity contribution in [3.05, 3.63) is 52.8 Å². The highest BCUT2D eigenvalue weighted by Crippen LogP contribution is 2.35. The number of benzene rings is 1. The number of morpholine rings is 1. The highest BCUT2D eigenvalue weighted by Gasteiger charge is 2.31. The van der Waals surface area contributed by atoms with Gasteiger partial charge < -0.3 is 29.7 Å². The van der Waals surface area contributed by atoms with E-state index in [0.29, 0.717) is 68.5 Å². The van der Waals surface area contributed by atoms with E-state index in [4.69, 9.17) is 9.47 Å². The summed E-state index contributed by atoms with van der Waals surface area (Å²) in [6, 6.07) is 9.05. The van der Waals surface area contributed by atoms with Gasteiger partial charge in [0.15, 0.2) is 0 Å². The molecule has 2 aliphatic rings. The number of rotatable bonds is 8. The first-order valence-corrected chi connectivity index (χ1v) is 12.0. The fraction of sp³-hybridized carbons (Fsp3) is 0.500. The molecule has 3 heterocycles. The maximum absolute atomic E-state index is 13.2. The third kappa shape index (κ3) is 5.80. The summed E-state index contributed by atoms with van der Waals surface area (Å²) in [6.07, 6.45) is 0.252. The van der Waals surface area contributed by atoms with E-state index >= 15 is 0 Å². The smallest absolute Gasteiger partial charge is 0.274 e. The van der Waals surface area contributed by atoms with E-state index in [-0.39, 0.29) is 17.9 Å². The van der Waals surface area contributed by atoms with Gasteiger partial charge in [0.05, 0.1) is 42.0 Å². The van der Waals surface area contributed by atoms with Crippen LogP contribution in [0.25, 0.3) is 0 Å². The summed E-state index contributed by atoms with van der Waals surface area (Å²) in [7, 11) is 1.60. The first-order valence-electron chi connectivity index (χ1n) is 12.0. The van der Waals surface area contributed by atoms with Gasteiger partial charge in [-0.05, 0) is 57.0 Å². The molecule has 0 unspecified atom stereocenters. The van der Waals surface area contributed by atoms with Gasteiger partial charge in [0, 0.05) is 38.9 Å². The zero-order chi connectivity index (χ0) is 25.2. The van der Waals surface area contributed by atoms with Crippen molar-refractivity contribution < 1.29 is 24.2 Å². The van der Waals surface area contributed by atoms with E-state index < -0.39 is 5.60 Å². The number of nitrogens with one attached hydrogen (secondary N) is 1. The van der Waals surface area contributed by atoms with Gasteiger partial charge in [-0.15, -0.1) is 0 Å². The van der Waals surface area contributed by atoms with Gasteiger partial charge in [-0.1, -0.05) is 6.07 Å². The van der Waals surface area contributed by atoms with E-state index in [1.54, 1.807) is 38.0 Å². The average Bonchev–Trinajstić information content (AvgIpc) is 3.16. The van der Waals surface area contributed by atoms with Crippen LogP contribution in [0, 0.1) is 0 Å². The van der Waals surface area contributed by atoms with Crippen LogP contribution >= 0.6 is 0 Å². The summed E-state index contributed by atoms with van der Waals surface area (Å²) in [6.45, 7) is 8.73. The molecule has 188 valence electrons. The first kappa shape index (κ1) is 25.1. The summed E-state index contributed by atoms with van der Waals surface area (Å²) < 4.78 is 10.8. The quantitative estimate of drug-likeness (QED) is 0.596. The molecule has 0 bridgehead atoms. The molecule has 0 radical (unpaired) electrons. The lowest BCUT2D eigenvalue weighted by Gasteiger charge is -2.31. The Balaban J connectivity index is 1.63. The number of hydrogen-bond donors (Lipinski definition) is 2. The minimum atomic E-state index is -0.852. The third-order valence-corrected chi connectivity index (χ3v) is 6.47. The van der Waals surface area contributed by atoms with Gasteiger partial charge in [0.25, 0.3) is 11.8 Å². The normalized spacial score (nSPS) is 16.9. The molecule has 9 nitrogen and oxygen atoms in total. The van der Waals surface area contributed by atoms with Crippen LogP contribution in [0.5, 0.6) is 0 Å². The summed E-state index contributed by atoms with van der Waals surface area (Å²) in [5.74, 6) is -0.382. The monoisotopic (exact) mass is 482 g/mol. The Bertz CT molecular complexity index is 1090. The van der Waals surface area contributed by atoms with E-state index in [9.17, 15) is 14.7 Å². The lowest BCUT2D eigenvalue weighted by molar-refractivity contribution is 0.0517. The van der Waals surface area contributed by atoms with Crippen LogP contribution in [0.4, 0.5) is 11.4 Å². The van der Waals surface area contributed by atoms with E-state index in [1.165, 1.54) is 0 Å². The molecule has 35 heavy (non-hydrogen) atoms. The molecule has 2 N–H and O–H groups in total. The number of aromatic nitrogens is 1. The third-order valence-electron chi connectivity index (χ3n) is 6.47. The van der Waals surface area contributed by atoms with Crippen molar-refractivity contribution >= 4 is 23.2 Å². The predicted octanol–water partition coefficient (Wildman–Crippen LogP) is 2.99. The molecule has 2 amide bonds. The molecule has 0 aliphatic carbocycles. The fourth-order valence-corrected chi connectivity index (χ4v) is 4.28. The fourth-order valence-electron chi connectivity index (χ4n) is 4.28. The molecule has 1 aromatic heterocycles. The van der Waals surface area contributed by atoms with E-state index in [0.717, 1.165) is 11.3 Å². The van der Waals surface area contributed by atoms with Gasteiger partial charge in [-0.3, -0.25) is 9.59 Å². The van der Waals surface area contributed by atoms with Crippen molar-refractivity contribution in [3.63, 3.8) is 0 Å². The second-order valence-electron chi connectivity index (χ2n) is 9.69. The van der Waals surface area contributed by atoms with Crippen molar-refractivity contribution in [3.8, 4) is 0 Å². The number of methoxy groups -OCH3 is 1. The molecule has 2 aliphatic heterocycles. The van der Waals surface area contributed by atoms with E-state index in [2.05, 4.69) is 15.2 Å². The van der Waals surface area contributed by atoms with Crippen LogP contribution < -0.4 is 10.2 Å². The van der Waals surface area contributed by atoms with E-state index in [1.807, 2.05) is 25.1 Å². The number of carbonyl (C=O) groups excluding carboxylic acids is 2. The Kier molecular flexibility index (Phi) is 7.39. The van der Waals surface area contributed by atoms with Gasteiger partial charge in [0.1, 0.15) is 5.69 Å². The maximum atomic E-state index is 13.2. The molecule has 0 saturated carbocycles. The SMILES string of the molecule is CO[C@H](C)c1cccc(C(=O)Nc2cc3c(cc2N2CCOCC2)C(=O)N(CCC(C)(C)O)C3)n1. The van der Waals surface area contributed by atoms with Crippen molar-refractivity contribution in [2.45, 2.75) is 45.4 Å². The van der Waals surface area contributed by atoms with Crippen LogP contribution in [-0.2, 0) is 16.0 Å². The van der Waals surface area contributed by atoms with Crippen LogP contribution in [0.2, 0.25) is 0 Å². The molecule has 2 aromatic rings. The summed E-state index contributed by atoms with van der Waals surface area (Å²) in [4.78, 5) is 34.7. The van der Waals surface area contributed by atoms with Crippen molar-refractivity contribution in [1.82, 2.24) is 9.88 Å². The minimum absolute atomic E-state index is 0.0560. The van der Waals surface area contributed by atoms with Crippen LogP contribution in [0.1, 0.15) is 65.4 Å². The Hall–Kier alpha value is -3.01. The predicted molar refractivity (Wildman–Crippen MR) is 133 cm³/mol. The number of nitrogens with zero attached hydrogens (tertiary/aromatic N) is 3. The lowest BCUT2D eigenvalue weighted by Crippen LogP contribution is -2.37. The number of hydrogen-bond acceptors (Lipinski definition) is 7. The Morgan fingerprint density at radius 1 is 1.29 bits per heavy atom. The van der Waals surface area contributed by atoms with Crippen molar-refractivity contribution in [1.29, 1.82) is 0 Å². The number of aliphatic hydroxyl groups is 1. The molecule has 1 aromatic carbocycles. The van der Waals surface area contributed by atoms with Crippen LogP contribution in [0.3, 0.4) is 0 Å². The molecular formula is C26H34N4O5. The second kappa shape index (κ2) is 10.3. The second-order valence-corrected chi connectivity index (χ2v) is 9.69. The number of fused-ring (bicyclic) bond motifs is 1. The van der Waals surface area contributed by atoms with Crippen molar-refractivity contribution in [2.24, 2.45) is 0 Å². The first-order chi connectivity index (χ1) is 16.7. The van der Waals surface area contributed by atoms with Crippen molar-refractivity contribution in [2.75, 3.05) is 50.2 Å². The minimum Gasteiger partial charge on any atom is -0.390 e. The highest BCUT2D eigenvalue weighted by molar-refractivity contribution is 6.07. The number of amides is 2. The Morgan fingerprint density at radius 3 is 2.71 bits per heavy atom. The summed E-state index contributed by atoms with van der Waals surface area (Å²) in [5, 5.41) is 13.1. The number of ether oxygens (including phenoxy) is 2. The lowest BCUT2D eigenvalue weighted by atomic mass is 10.1. The van der Waals surface area contributed by atoms with Crippen LogP contribution in [-0.4, -0.2) is 72.4 Å². The number of pyridine rings is 1. The van der Waals surface area contributed by atoms with Gasteiger partial charge >= 0.3 is 0 Å².